The van der Waals surface area contributed by atoms with Crippen LogP contribution in [0.2, 0.25) is 0 Å². The van der Waals surface area contributed by atoms with Gasteiger partial charge in [-0.1, -0.05) is 6.07 Å². The third-order valence-electron chi connectivity index (χ3n) is 6.74. The van der Waals surface area contributed by atoms with Gasteiger partial charge in [-0.05, 0) is 24.6 Å². The van der Waals surface area contributed by atoms with Gasteiger partial charge in [0.15, 0.2) is 11.6 Å². The van der Waals surface area contributed by atoms with Crippen molar-refractivity contribution in [1.82, 2.24) is 25.1 Å². The summed E-state index contributed by atoms with van der Waals surface area (Å²) in [6.07, 6.45) is 4.11. The fourth-order valence-electron chi connectivity index (χ4n) is 5.17. The molecule has 6 rings (SSSR count). The van der Waals surface area contributed by atoms with Crippen LogP contribution in [0.3, 0.4) is 0 Å². The van der Waals surface area contributed by atoms with E-state index in [1.807, 2.05) is 0 Å². The number of halogens is 2. The lowest BCUT2D eigenvalue weighted by Crippen LogP contribution is -2.44. The average molecular weight is 492 g/mol. The molecular formula is C25H23F2N7O2. The van der Waals surface area contributed by atoms with E-state index in [1.54, 1.807) is 24.0 Å². The topological polar surface area (TPSA) is 97.2 Å². The number of rotatable bonds is 5. The van der Waals surface area contributed by atoms with E-state index in [9.17, 15) is 9.18 Å². The summed E-state index contributed by atoms with van der Waals surface area (Å²) < 4.78 is 36.4. The largest absolute Gasteiger partial charge is 0.496 e. The number of nitrogens with zero attached hydrogens (tertiary/aromatic N) is 5. The second kappa shape index (κ2) is 8.52. The highest BCUT2D eigenvalue weighted by Crippen LogP contribution is 2.41. The Bertz CT molecular complexity index is 1510. The number of amides is 1. The van der Waals surface area contributed by atoms with Gasteiger partial charge in [0.2, 0.25) is 0 Å². The summed E-state index contributed by atoms with van der Waals surface area (Å²) in [6, 6.07) is 7.67. The number of methoxy groups -OCH3 is 1. The molecule has 11 heteroatoms. The molecule has 2 aliphatic heterocycles. The van der Waals surface area contributed by atoms with Crippen molar-refractivity contribution in [1.29, 1.82) is 0 Å². The van der Waals surface area contributed by atoms with Crippen molar-refractivity contribution < 1.29 is 18.3 Å². The van der Waals surface area contributed by atoms with Gasteiger partial charge < -0.3 is 20.3 Å². The van der Waals surface area contributed by atoms with E-state index in [4.69, 9.17) is 4.74 Å². The van der Waals surface area contributed by atoms with Crippen LogP contribution in [0.4, 0.5) is 20.2 Å². The fourth-order valence-corrected chi connectivity index (χ4v) is 5.17. The van der Waals surface area contributed by atoms with Crippen LogP contribution in [0, 0.1) is 11.6 Å². The van der Waals surface area contributed by atoms with E-state index < -0.39 is 17.5 Å². The van der Waals surface area contributed by atoms with Crippen LogP contribution in [0.1, 0.15) is 16.9 Å². The molecule has 2 aromatic heterocycles. The average Bonchev–Trinajstić information content (AvgIpc) is 3.60. The number of hydrogen-bond acceptors (Lipinski definition) is 7. The van der Waals surface area contributed by atoms with Crippen molar-refractivity contribution in [3.63, 3.8) is 0 Å². The Kier molecular flexibility index (Phi) is 5.29. The van der Waals surface area contributed by atoms with Gasteiger partial charge in [0.25, 0.3) is 5.91 Å². The van der Waals surface area contributed by atoms with E-state index in [0.29, 0.717) is 17.1 Å². The molecule has 2 aromatic carbocycles. The first-order valence-electron chi connectivity index (χ1n) is 11.6. The Balaban J connectivity index is 1.40. The Hall–Kier alpha value is -4.12. The van der Waals surface area contributed by atoms with Crippen molar-refractivity contribution in [3.8, 4) is 17.1 Å². The van der Waals surface area contributed by atoms with Gasteiger partial charge in [-0.3, -0.25) is 9.48 Å². The van der Waals surface area contributed by atoms with Crippen LogP contribution in [0.25, 0.3) is 22.3 Å². The molecular weight excluding hydrogens is 468 g/mol. The number of carbonyl (C=O) groups is 1. The number of aromatic nitrogens is 4. The van der Waals surface area contributed by atoms with Gasteiger partial charge in [-0.25, -0.2) is 18.7 Å². The summed E-state index contributed by atoms with van der Waals surface area (Å²) in [7, 11) is 3.15. The third-order valence-corrected chi connectivity index (χ3v) is 6.74. The molecule has 1 amide bonds. The van der Waals surface area contributed by atoms with Gasteiger partial charge in [0.05, 0.1) is 24.0 Å². The number of ether oxygens (including phenoxy) is 1. The van der Waals surface area contributed by atoms with Crippen LogP contribution in [-0.4, -0.2) is 57.9 Å². The first-order chi connectivity index (χ1) is 17.4. The van der Waals surface area contributed by atoms with E-state index >= 15 is 4.39 Å². The van der Waals surface area contributed by atoms with Crippen molar-refractivity contribution in [3.05, 3.63) is 60.1 Å². The number of carbonyl (C=O) groups excluding carboxylic acids is 1. The van der Waals surface area contributed by atoms with Crippen molar-refractivity contribution in [2.75, 3.05) is 30.4 Å². The molecule has 2 bridgehead atoms. The molecule has 9 nitrogen and oxygen atoms in total. The number of benzene rings is 2. The van der Waals surface area contributed by atoms with E-state index in [0.717, 1.165) is 25.2 Å². The summed E-state index contributed by atoms with van der Waals surface area (Å²) in [5.74, 6) is -1.42. The van der Waals surface area contributed by atoms with Gasteiger partial charge in [0, 0.05) is 56.1 Å². The molecule has 184 valence electrons. The minimum atomic E-state index is -0.573. The number of piperazine rings is 1. The molecule has 2 N–H and O–H groups in total. The van der Waals surface area contributed by atoms with Crippen molar-refractivity contribution >= 4 is 28.2 Å². The highest BCUT2D eigenvalue weighted by molar-refractivity contribution is 6.09. The zero-order valence-corrected chi connectivity index (χ0v) is 19.6. The molecule has 2 saturated heterocycles. The number of anilines is 2. The summed E-state index contributed by atoms with van der Waals surface area (Å²) in [4.78, 5) is 23.9. The minimum absolute atomic E-state index is 0.00700. The van der Waals surface area contributed by atoms with Crippen LogP contribution in [-0.2, 0) is 7.05 Å². The standard InChI is InChI=1S/C25H23F2N7O2/c1-33-12-15-22(32-33)17(27)9-19(23(15)34-11-13-8-14(34)10-29-13)31-25(35)18-6-7-28-24(30-18)21-16(26)4-3-5-20(21)36-2/h3-7,9,12-14,29H,8,10-11H2,1-2H3,(H,31,35)/t13-,14-/m0/s1. The van der Waals surface area contributed by atoms with Crippen LogP contribution < -0.4 is 20.3 Å². The number of nitrogens with one attached hydrogen (secondary N) is 2. The second-order valence-corrected chi connectivity index (χ2v) is 9.00. The van der Waals surface area contributed by atoms with Crippen molar-refractivity contribution in [2.24, 2.45) is 7.05 Å². The summed E-state index contributed by atoms with van der Waals surface area (Å²) in [5.41, 5.74) is 1.37. The molecule has 4 heterocycles. The fraction of sp³-hybridized carbons (Fsp3) is 0.280. The molecule has 0 radical (unpaired) electrons. The number of hydrogen-bond donors (Lipinski definition) is 2. The van der Waals surface area contributed by atoms with E-state index in [2.05, 4.69) is 30.6 Å². The quantitative estimate of drug-likeness (QED) is 0.443. The molecule has 36 heavy (non-hydrogen) atoms. The molecule has 2 fully saturated rings. The Morgan fingerprint density at radius 3 is 2.86 bits per heavy atom. The molecule has 0 aliphatic carbocycles. The Morgan fingerprint density at radius 2 is 2.11 bits per heavy atom. The Labute approximate surface area is 205 Å². The first-order valence-corrected chi connectivity index (χ1v) is 11.6. The van der Waals surface area contributed by atoms with Crippen LogP contribution in [0.15, 0.2) is 42.7 Å². The third kappa shape index (κ3) is 3.63. The second-order valence-electron chi connectivity index (χ2n) is 9.00. The highest BCUT2D eigenvalue weighted by Gasteiger charge is 2.39. The maximum atomic E-state index is 15.0. The molecule has 0 spiro atoms. The van der Waals surface area contributed by atoms with E-state index in [-0.39, 0.29) is 34.4 Å². The number of fused-ring (bicyclic) bond motifs is 3. The van der Waals surface area contributed by atoms with E-state index in [1.165, 1.54) is 37.6 Å². The van der Waals surface area contributed by atoms with Gasteiger partial charge >= 0.3 is 0 Å². The lowest BCUT2D eigenvalue weighted by Gasteiger charge is -2.31. The lowest BCUT2D eigenvalue weighted by molar-refractivity contribution is 0.102. The zero-order valence-electron chi connectivity index (χ0n) is 19.6. The summed E-state index contributed by atoms with van der Waals surface area (Å²) in [6.45, 7) is 1.56. The molecule has 4 aromatic rings. The first kappa shape index (κ1) is 22.4. The monoisotopic (exact) mass is 491 g/mol. The molecule has 0 unspecified atom stereocenters. The van der Waals surface area contributed by atoms with Crippen LogP contribution >= 0.6 is 0 Å². The van der Waals surface area contributed by atoms with Crippen LogP contribution in [0.5, 0.6) is 5.75 Å². The molecule has 2 atom stereocenters. The number of aryl methyl sites for hydroxylation is 1. The summed E-state index contributed by atoms with van der Waals surface area (Å²) >= 11 is 0. The Morgan fingerprint density at radius 1 is 1.25 bits per heavy atom. The smallest absolute Gasteiger partial charge is 0.274 e. The van der Waals surface area contributed by atoms with Gasteiger partial charge in [-0.15, -0.1) is 0 Å². The van der Waals surface area contributed by atoms with Gasteiger partial charge in [0.1, 0.15) is 22.8 Å². The molecule has 2 aliphatic rings. The molecule has 0 saturated carbocycles. The predicted octanol–water partition coefficient (Wildman–Crippen LogP) is 3.12. The van der Waals surface area contributed by atoms with Crippen molar-refractivity contribution in [2.45, 2.75) is 18.5 Å². The summed E-state index contributed by atoms with van der Waals surface area (Å²) in [5, 5.41) is 11.2. The predicted molar refractivity (Wildman–Crippen MR) is 130 cm³/mol. The highest BCUT2D eigenvalue weighted by atomic mass is 19.1. The lowest BCUT2D eigenvalue weighted by atomic mass is 10.1. The SMILES string of the molecule is COc1cccc(F)c1-c1nccc(C(=O)Nc2cc(F)c3nn(C)cc3c2N2C[C@@H]3C[C@H]2CN3)n1. The zero-order chi connectivity index (χ0) is 25.0. The van der Waals surface area contributed by atoms with Gasteiger partial charge in [-0.2, -0.15) is 5.10 Å². The maximum absolute atomic E-state index is 15.0. The minimum Gasteiger partial charge on any atom is -0.496 e. The normalized spacial score (nSPS) is 18.7. The maximum Gasteiger partial charge on any atom is 0.274 e.